The van der Waals surface area contributed by atoms with Crippen LogP contribution in [0.15, 0.2) is 53.6 Å². The molecule has 0 saturated heterocycles. The minimum Gasteiger partial charge on any atom is -0.423 e. The summed E-state index contributed by atoms with van der Waals surface area (Å²) in [4.78, 5) is 22.4. The Morgan fingerprint density at radius 1 is 1.14 bits per heavy atom. The Morgan fingerprint density at radius 2 is 1.82 bits per heavy atom. The second kappa shape index (κ2) is 7.24. The van der Waals surface area contributed by atoms with Crippen molar-refractivity contribution >= 4 is 29.8 Å². The number of carbonyl (C=O) groups excluding carboxylic acids is 2. The number of esters is 1. The first kappa shape index (κ1) is 15.5. The van der Waals surface area contributed by atoms with Crippen LogP contribution in [0, 0.1) is 0 Å². The molecule has 0 aromatic heterocycles. The van der Waals surface area contributed by atoms with Gasteiger partial charge in [0.15, 0.2) is 0 Å². The van der Waals surface area contributed by atoms with Crippen molar-refractivity contribution in [1.29, 1.82) is 0 Å². The van der Waals surface area contributed by atoms with Gasteiger partial charge in [-0.15, -0.1) is 0 Å². The van der Waals surface area contributed by atoms with Crippen LogP contribution in [0.4, 0.5) is 4.79 Å². The number of urea groups is 1. The van der Waals surface area contributed by atoms with Crippen molar-refractivity contribution in [2.45, 2.75) is 0 Å². The molecule has 0 bridgehead atoms. The van der Waals surface area contributed by atoms with Gasteiger partial charge in [0.25, 0.3) is 0 Å². The van der Waals surface area contributed by atoms with E-state index in [0.29, 0.717) is 21.9 Å². The van der Waals surface area contributed by atoms with Gasteiger partial charge >= 0.3 is 12.0 Å². The fourth-order valence-electron chi connectivity index (χ4n) is 1.58. The smallest absolute Gasteiger partial charge is 0.345 e. The molecule has 0 spiro atoms. The second-order valence-electron chi connectivity index (χ2n) is 4.17. The molecule has 0 heterocycles. The minimum absolute atomic E-state index is 0.292. The highest BCUT2D eigenvalue weighted by Gasteiger charge is 2.11. The fourth-order valence-corrected chi connectivity index (χ4v) is 1.79. The van der Waals surface area contributed by atoms with Gasteiger partial charge in [0.05, 0.1) is 16.8 Å². The molecule has 22 heavy (non-hydrogen) atoms. The maximum atomic E-state index is 12.0. The molecule has 0 radical (unpaired) electrons. The molecule has 112 valence electrons. The lowest BCUT2D eigenvalue weighted by atomic mass is 10.2. The number of hydrazone groups is 1. The monoisotopic (exact) mass is 317 g/mol. The van der Waals surface area contributed by atoms with Crippen molar-refractivity contribution in [1.82, 2.24) is 5.43 Å². The summed E-state index contributed by atoms with van der Waals surface area (Å²) in [7, 11) is 0. The molecule has 0 fully saturated rings. The van der Waals surface area contributed by atoms with Crippen LogP contribution in [0.1, 0.15) is 15.9 Å². The molecular weight excluding hydrogens is 306 g/mol. The van der Waals surface area contributed by atoms with Crippen LogP contribution in [-0.4, -0.2) is 18.2 Å². The van der Waals surface area contributed by atoms with E-state index in [9.17, 15) is 9.59 Å². The van der Waals surface area contributed by atoms with Gasteiger partial charge < -0.3 is 10.5 Å². The molecule has 0 aliphatic carbocycles. The van der Waals surface area contributed by atoms with Crippen molar-refractivity contribution in [2.75, 3.05) is 0 Å². The summed E-state index contributed by atoms with van der Waals surface area (Å²) in [5.41, 5.74) is 7.94. The van der Waals surface area contributed by atoms with Crippen LogP contribution in [0.2, 0.25) is 5.02 Å². The summed E-state index contributed by atoms with van der Waals surface area (Å²) < 4.78 is 5.22. The number of halogens is 1. The number of nitrogens with two attached hydrogens (primary N) is 1. The Morgan fingerprint density at radius 3 is 2.45 bits per heavy atom. The number of amides is 2. The van der Waals surface area contributed by atoms with E-state index in [4.69, 9.17) is 22.1 Å². The van der Waals surface area contributed by atoms with Gasteiger partial charge in [-0.3, -0.25) is 0 Å². The average Bonchev–Trinajstić information content (AvgIpc) is 2.49. The molecule has 2 aromatic rings. The Hall–Kier alpha value is -2.86. The molecule has 2 amide bonds. The zero-order valence-electron chi connectivity index (χ0n) is 11.3. The zero-order valence-corrected chi connectivity index (χ0v) is 12.1. The summed E-state index contributed by atoms with van der Waals surface area (Å²) in [6, 6.07) is 12.4. The third-order valence-electron chi connectivity index (χ3n) is 2.57. The number of rotatable bonds is 4. The van der Waals surface area contributed by atoms with E-state index >= 15 is 0 Å². The van der Waals surface area contributed by atoms with E-state index in [1.54, 1.807) is 48.5 Å². The average molecular weight is 318 g/mol. The number of carbonyl (C=O) groups is 2. The normalized spacial score (nSPS) is 10.4. The zero-order chi connectivity index (χ0) is 15.9. The minimum atomic E-state index is -0.749. The molecule has 3 N–H and O–H groups in total. The quantitative estimate of drug-likeness (QED) is 0.393. The van der Waals surface area contributed by atoms with Crippen molar-refractivity contribution in [2.24, 2.45) is 10.8 Å². The molecule has 0 unspecified atom stereocenters. The van der Waals surface area contributed by atoms with E-state index in [1.807, 2.05) is 0 Å². The number of nitrogens with zero attached hydrogens (tertiary/aromatic N) is 1. The second-order valence-corrected chi connectivity index (χ2v) is 4.58. The van der Waals surface area contributed by atoms with Gasteiger partial charge in [-0.05, 0) is 42.0 Å². The van der Waals surface area contributed by atoms with Crippen LogP contribution in [0.25, 0.3) is 0 Å². The van der Waals surface area contributed by atoms with Gasteiger partial charge in [0.1, 0.15) is 5.75 Å². The third-order valence-corrected chi connectivity index (χ3v) is 2.90. The first-order valence-electron chi connectivity index (χ1n) is 6.21. The Balaban J connectivity index is 2.02. The number of benzene rings is 2. The van der Waals surface area contributed by atoms with Crippen LogP contribution < -0.4 is 15.9 Å². The maximum absolute atomic E-state index is 12.0. The predicted octanol–water partition coefficient (Wildman–Crippen LogP) is 2.56. The van der Waals surface area contributed by atoms with E-state index in [2.05, 4.69) is 10.5 Å². The largest absolute Gasteiger partial charge is 0.423 e. The number of hydrogen-bond donors (Lipinski definition) is 2. The van der Waals surface area contributed by atoms with Gasteiger partial charge in [0.2, 0.25) is 0 Å². The van der Waals surface area contributed by atoms with Crippen molar-refractivity contribution < 1.29 is 14.3 Å². The molecule has 7 heteroatoms. The SMILES string of the molecule is NC(=O)N/N=C/c1ccc(OC(=O)c2ccccc2Cl)cc1. The number of hydrogen-bond acceptors (Lipinski definition) is 4. The molecule has 2 rings (SSSR count). The van der Waals surface area contributed by atoms with Crippen LogP contribution >= 0.6 is 11.6 Å². The Bertz CT molecular complexity index is 714. The first-order chi connectivity index (χ1) is 10.6. The molecule has 2 aromatic carbocycles. The number of primary amides is 1. The van der Waals surface area contributed by atoms with Gasteiger partial charge in [-0.1, -0.05) is 23.7 Å². The van der Waals surface area contributed by atoms with Crippen LogP contribution in [0.5, 0.6) is 5.75 Å². The molecule has 0 aliphatic heterocycles. The Kier molecular flexibility index (Phi) is 5.11. The van der Waals surface area contributed by atoms with Gasteiger partial charge in [-0.2, -0.15) is 5.10 Å². The number of ether oxygens (including phenoxy) is 1. The lowest BCUT2D eigenvalue weighted by Gasteiger charge is -2.05. The van der Waals surface area contributed by atoms with Crippen LogP contribution in [0.3, 0.4) is 0 Å². The standard InChI is InChI=1S/C15H12ClN3O3/c16-13-4-2-1-3-12(13)14(20)22-11-7-5-10(6-8-11)9-18-19-15(17)21/h1-9H,(H3,17,19,21)/b18-9+. The van der Waals surface area contributed by atoms with E-state index < -0.39 is 12.0 Å². The van der Waals surface area contributed by atoms with Crippen molar-refractivity contribution in [3.05, 3.63) is 64.7 Å². The molecule has 6 nitrogen and oxygen atoms in total. The lowest BCUT2D eigenvalue weighted by molar-refractivity contribution is 0.0735. The fraction of sp³-hybridized carbons (Fsp3) is 0. The van der Waals surface area contributed by atoms with E-state index in [-0.39, 0.29) is 0 Å². The Labute approximate surface area is 131 Å². The van der Waals surface area contributed by atoms with Gasteiger partial charge in [-0.25, -0.2) is 15.0 Å². The summed E-state index contributed by atoms with van der Waals surface area (Å²) in [5.74, 6) is -0.174. The third kappa shape index (κ3) is 4.32. The van der Waals surface area contributed by atoms with Crippen LogP contribution in [-0.2, 0) is 0 Å². The predicted molar refractivity (Wildman–Crippen MR) is 83.2 cm³/mol. The van der Waals surface area contributed by atoms with Crippen molar-refractivity contribution in [3.63, 3.8) is 0 Å². The topological polar surface area (TPSA) is 93.8 Å². The summed E-state index contributed by atoms with van der Waals surface area (Å²) in [5, 5.41) is 3.94. The molecule has 0 saturated carbocycles. The molecular formula is C15H12ClN3O3. The highest BCUT2D eigenvalue weighted by molar-refractivity contribution is 6.33. The van der Waals surface area contributed by atoms with Crippen molar-refractivity contribution in [3.8, 4) is 5.75 Å². The maximum Gasteiger partial charge on any atom is 0.345 e. The summed E-state index contributed by atoms with van der Waals surface area (Å²) in [6.45, 7) is 0. The highest BCUT2D eigenvalue weighted by atomic mass is 35.5. The first-order valence-corrected chi connectivity index (χ1v) is 6.59. The number of nitrogens with one attached hydrogen (secondary N) is 1. The van der Waals surface area contributed by atoms with Gasteiger partial charge in [0, 0.05) is 0 Å². The summed E-state index contributed by atoms with van der Waals surface area (Å²) in [6.07, 6.45) is 1.41. The lowest BCUT2D eigenvalue weighted by Crippen LogP contribution is -2.24. The van der Waals surface area contributed by atoms with E-state index in [0.717, 1.165) is 0 Å². The molecule has 0 atom stereocenters. The van der Waals surface area contributed by atoms with E-state index in [1.165, 1.54) is 6.21 Å². The summed E-state index contributed by atoms with van der Waals surface area (Å²) >= 11 is 5.93. The molecule has 0 aliphatic rings. The highest BCUT2D eigenvalue weighted by Crippen LogP contribution is 2.18.